The maximum Gasteiger partial charge on any atom is 0.328 e. The molecule has 1 rings (SSSR count). The van der Waals surface area contributed by atoms with Crippen molar-refractivity contribution in [3.05, 3.63) is 34.6 Å². The zero-order valence-corrected chi connectivity index (χ0v) is 16.2. The van der Waals surface area contributed by atoms with Crippen LogP contribution in [0.15, 0.2) is 0 Å². The van der Waals surface area contributed by atoms with Crippen molar-refractivity contribution in [3.8, 4) is 0 Å². The third-order valence-corrected chi connectivity index (χ3v) is 3.90. The second-order valence-corrected chi connectivity index (χ2v) is 7.30. The molecule has 0 aliphatic carbocycles. The molecule has 9 heteroatoms. The van der Waals surface area contributed by atoms with E-state index in [9.17, 15) is 31.5 Å². The fraction of sp³-hybridized carbons (Fsp3) is 0.579. The van der Waals surface area contributed by atoms with Gasteiger partial charge in [-0.3, -0.25) is 4.79 Å². The van der Waals surface area contributed by atoms with Crippen LogP contribution in [0.25, 0.3) is 0 Å². The summed E-state index contributed by atoms with van der Waals surface area (Å²) in [4.78, 5) is 24.4. The van der Waals surface area contributed by atoms with Crippen molar-refractivity contribution in [1.29, 1.82) is 0 Å². The maximum absolute atomic E-state index is 13.8. The SMILES string of the molecule is CC(C)CCCOC(=O)C(CC(C)C)NC(=O)c1c(F)c(F)c(F)c(F)c1F. The Morgan fingerprint density at radius 2 is 1.36 bits per heavy atom. The molecule has 0 fully saturated rings. The number of amides is 1. The number of hydrogen-bond acceptors (Lipinski definition) is 3. The van der Waals surface area contributed by atoms with E-state index in [2.05, 4.69) is 0 Å². The van der Waals surface area contributed by atoms with Crippen LogP contribution >= 0.6 is 0 Å². The lowest BCUT2D eigenvalue weighted by molar-refractivity contribution is -0.146. The van der Waals surface area contributed by atoms with E-state index < -0.39 is 52.6 Å². The zero-order chi connectivity index (χ0) is 21.6. The number of ether oxygens (including phenoxy) is 1. The summed E-state index contributed by atoms with van der Waals surface area (Å²) in [6, 6.07) is -1.29. The summed E-state index contributed by atoms with van der Waals surface area (Å²) < 4.78 is 72.4. The van der Waals surface area contributed by atoms with Gasteiger partial charge >= 0.3 is 5.97 Å². The van der Waals surface area contributed by atoms with Crippen molar-refractivity contribution in [2.45, 2.75) is 53.0 Å². The van der Waals surface area contributed by atoms with Crippen LogP contribution in [-0.2, 0) is 9.53 Å². The number of esters is 1. The van der Waals surface area contributed by atoms with Gasteiger partial charge in [0.1, 0.15) is 11.6 Å². The van der Waals surface area contributed by atoms with Gasteiger partial charge in [0, 0.05) is 0 Å². The lowest BCUT2D eigenvalue weighted by atomic mass is 10.0. The highest BCUT2D eigenvalue weighted by atomic mass is 19.2. The summed E-state index contributed by atoms with van der Waals surface area (Å²) >= 11 is 0. The second kappa shape index (κ2) is 10.4. The van der Waals surface area contributed by atoms with Crippen LogP contribution in [-0.4, -0.2) is 24.5 Å². The third kappa shape index (κ3) is 6.17. The molecular weight excluding hydrogens is 385 g/mol. The van der Waals surface area contributed by atoms with Crippen molar-refractivity contribution in [1.82, 2.24) is 5.32 Å². The van der Waals surface area contributed by atoms with Gasteiger partial charge in [-0.1, -0.05) is 27.7 Å². The highest BCUT2D eigenvalue weighted by molar-refractivity contribution is 5.97. The van der Waals surface area contributed by atoms with Gasteiger partial charge in [-0.15, -0.1) is 0 Å². The number of nitrogens with one attached hydrogen (secondary N) is 1. The monoisotopic (exact) mass is 409 g/mol. The molecule has 1 N–H and O–H groups in total. The topological polar surface area (TPSA) is 55.4 Å². The van der Waals surface area contributed by atoms with Crippen LogP contribution in [0.4, 0.5) is 22.0 Å². The number of rotatable bonds is 9. The fourth-order valence-corrected chi connectivity index (χ4v) is 2.49. The van der Waals surface area contributed by atoms with E-state index in [-0.39, 0.29) is 18.9 Å². The van der Waals surface area contributed by atoms with Gasteiger partial charge in [0.05, 0.1) is 6.61 Å². The first-order chi connectivity index (χ1) is 13.0. The predicted molar refractivity (Wildman–Crippen MR) is 92.0 cm³/mol. The molecule has 0 spiro atoms. The maximum atomic E-state index is 13.8. The smallest absolute Gasteiger partial charge is 0.328 e. The molecule has 0 saturated carbocycles. The van der Waals surface area contributed by atoms with E-state index in [1.54, 1.807) is 13.8 Å². The molecule has 0 radical (unpaired) electrons. The van der Waals surface area contributed by atoms with Gasteiger partial charge in [0.25, 0.3) is 5.91 Å². The normalized spacial score (nSPS) is 12.4. The van der Waals surface area contributed by atoms with Crippen molar-refractivity contribution in [2.75, 3.05) is 6.61 Å². The first-order valence-corrected chi connectivity index (χ1v) is 8.96. The Bertz CT molecular complexity index is 693. The molecule has 1 aromatic carbocycles. The number of halogens is 5. The molecule has 0 aliphatic rings. The molecule has 0 aromatic heterocycles. The van der Waals surface area contributed by atoms with E-state index in [0.29, 0.717) is 12.3 Å². The average Bonchev–Trinajstić information content (AvgIpc) is 2.60. The summed E-state index contributed by atoms with van der Waals surface area (Å²) in [6.45, 7) is 7.53. The van der Waals surface area contributed by atoms with E-state index in [1.165, 1.54) is 0 Å². The number of benzene rings is 1. The second-order valence-electron chi connectivity index (χ2n) is 7.30. The van der Waals surface area contributed by atoms with E-state index in [0.717, 1.165) is 6.42 Å². The molecule has 0 bridgehead atoms. The Labute approximate surface area is 160 Å². The third-order valence-electron chi connectivity index (χ3n) is 3.90. The van der Waals surface area contributed by atoms with Crippen molar-refractivity contribution >= 4 is 11.9 Å². The standard InChI is InChI=1S/C19H24F5NO3/c1-9(2)6-5-7-28-19(27)11(8-10(3)4)25-18(26)12-13(20)15(22)17(24)16(23)14(12)21/h9-11H,5-8H2,1-4H3,(H,25,26). The first-order valence-electron chi connectivity index (χ1n) is 8.96. The van der Waals surface area contributed by atoms with Crippen molar-refractivity contribution in [2.24, 2.45) is 11.8 Å². The average molecular weight is 409 g/mol. The summed E-state index contributed by atoms with van der Waals surface area (Å²) in [5.41, 5.74) is -1.64. The van der Waals surface area contributed by atoms with Crippen molar-refractivity contribution in [3.63, 3.8) is 0 Å². The largest absolute Gasteiger partial charge is 0.464 e. The molecule has 0 heterocycles. The molecule has 0 aliphatic heterocycles. The molecule has 1 atom stereocenters. The van der Waals surface area contributed by atoms with Crippen LogP contribution < -0.4 is 5.32 Å². The van der Waals surface area contributed by atoms with Crippen LogP contribution in [0.3, 0.4) is 0 Å². The lowest BCUT2D eigenvalue weighted by Crippen LogP contribution is -2.43. The molecule has 1 amide bonds. The molecule has 158 valence electrons. The van der Waals surface area contributed by atoms with Gasteiger partial charge in [-0.05, 0) is 31.1 Å². The summed E-state index contributed by atoms with van der Waals surface area (Å²) in [5, 5.41) is 2.02. The quantitative estimate of drug-likeness (QED) is 0.215. The van der Waals surface area contributed by atoms with Gasteiger partial charge in [-0.2, -0.15) is 0 Å². The summed E-state index contributed by atoms with van der Waals surface area (Å²) in [6.07, 6.45) is 1.45. The molecule has 28 heavy (non-hydrogen) atoms. The minimum Gasteiger partial charge on any atom is -0.464 e. The zero-order valence-electron chi connectivity index (χ0n) is 16.2. The van der Waals surface area contributed by atoms with Gasteiger partial charge < -0.3 is 10.1 Å². The Hall–Kier alpha value is -2.19. The van der Waals surface area contributed by atoms with Gasteiger partial charge in [0.15, 0.2) is 23.3 Å². The Morgan fingerprint density at radius 3 is 1.82 bits per heavy atom. The van der Waals surface area contributed by atoms with E-state index in [4.69, 9.17) is 4.74 Å². The Balaban J connectivity index is 2.98. The van der Waals surface area contributed by atoms with E-state index >= 15 is 0 Å². The molecule has 1 unspecified atom stereocenters. The van der Waals surface area contributed by atoms with Crippen LogP contribution in [0.2, 0.25) is 0 Å². The minimum atomic E-state index is -2.37. The predicted octanol–water partition coefficient (Wildman–Crippen LogP) is 4.51. The molecule has 0 saturated heterocycles. The van der Waals surface area contributed by atoms with Gasteiger partial charge in [0.2, 0.25) is 5.82 Å². The highest BCUT2D eigenvalue weighted by Crippen LogP contribution is 2.23. The minimum absolute atomic E-state index is 0.0597. The number of carbonyl (C=O) groups is 2. The highest BCUT2D eigenvalue weighted by Gasteiger charge is 2.32. The summed E-state index contributed by atoms with van der Waals surface area (Å²) in [7, 11) is 0. The Morgan fingerprint density at radius 1 is 0.857 bits per heavy atom. The van der Waals surface area contributed by atoms with Crippen LogP contribution in [0.1, 0.15) is 57.3 Å². The fourth-order valence-electron chi connectivity index (χ4n) is 2.49. The molecule has 1 aromatic rings. The molecule has 4 nitrogen and oxygen atoms in total. The Kier molecular flexibility index (Phi) is 8.84. The number of hydrogen-bond donors (Lipinski definition) is 1. The number of carbonyl (C=O) groups excluding carboxylic acids is 2. The van der Waals surface area contributed by atoms with Crippen LogP contribution in [0.5, 0.6) is 0 Å². The van der Waals surface area contributed by atoms with E-state index in [1.807, 2.05) is 19.2 Å². The van der Waals surface area contributed by atoms with Crippen molar-refractivity contribution < 1.29 is 36.3 Å². The van der Waals surface area contributed by atoms with Gasteiger partial charge in [-0.25, -0.2) is 26.7 Å². The molecular formula is C19H24F5NO3. The summed E-state index contributed by atoms with van der Waals surface area (Å²) in [5.74, 6) is -13.5. The van der Waals surface area contributed by atoms with Crippen LogP contribution in [0, 0.1) is 40.9 Å². The first kappa shape index (κ1) is 23.8. The lowest BCUT2D eigenvalue weighted by Gasteiger charge is -2.20.